The molecule has 1 aromatic heterocycles. The van der Waals surface area contributed by atoms with Crippen LogP contribution in [0.5, 0.6) is 0 Å². The van der Waals surface area contributed by atoms with Crippen LogP contribution < -0.4 is 0 Å². The Bertz CT molecular complexity index is 348. The Labute approximate surface area is 81.3 Å². The lowest BCUT2D eigenvalue weighted by molar-refractivity contribution is 0.0724. The first-order valence-electron chi connectivity index (χ1n) is 4.57. The second-order valence-electron chi connectivity index (χ2n) is 3.53. The molecular weight excluding hydrogens is 184 g/mol. The van der Waals surface area contributed by atoms with Crippen LogP contribution in [0.3, 0.4) is 0 Å². The molecule has 1 N–H and O–H groups in total. The Morgan fingerprint density at radius 3 is 3.07 bits per heavy atom. The molecule has 0 aromatic carbocycles. The minimum absolute atomic E-state index is 0.192. The van der Waals surface area contributed by atoms with Crippen molar-refractivity contribution >= 4 is 5.91 Å². The SMILES string of the molecule is Cc1cc(C(=O)N2CC[C@@H](O)C2)on1. The molecule has 0 unspecified atom stereocenters. The van der Waals surface area contributed by atoms with E-state index >= 15 is 0 Å². The van der Waals surface area contributed by atoms with Crippen molar-refractivity contribution in [1.82, 2.24) is 10.1 Å². The average molecular weight is 196 g/mol. The fourth-order valence-corrected chi connectivity index (χ4v) is 1.55. The van der Waals surface area contributed by atoms with Gasteiger partial charge in [0.1, 0.15) is 0 Å². The summed E-state index contributed by atoms with van der Waals surface area (Å²) in [6.45, 7) is 2.73. The highest BCUT2D eigenvalue weighted by atomic mass is 16.5. The van der Waals surface area contributed by atoms with Crippen LogP contribution in [0.1, 0.15) is 22.7 Å². The fourth-order valence-electron chi connectivity index (χ4n) is 1.55. The van der Waals surface area contributed by atoms with Gasteiger partial charge < -0.3 is 14.5 Å². The smallest absolute Gasteiger partial charge is 0.292 e. The highest BCUT2D eigenvalue weighted by molar-refractivity contribution is 5.91. The average Bonchev–Trinajstić information content (AvgIpc) is 2.73. The van der Waals surface area contributed by atoms with Crippen molar-refractivity contribution in [3.63, 3.8) is 0 Å². The number of aromatic nitrogens is 1. The Morgan fingerprint density at radius 2 is 2.57 bits per heavy atom. The van der Waals surface area contributed by atoms with E-state index in [0.717, 1.165) is 0 Å². The second-order valence-corrected chi connectivity index (χ2v) is 3.53. The second kappa shape index (κ2) is 3.42. The van der Waals surface area contributed by atoms with Crippen LogP contribution in [0.2, 0.25) is 0 Å². The molecule has 1 aliphatic rings. The highest BCUT2D eigenvalue weighted by Crippen LogP contribution is 2.13. The molecule has 0 spiro atoms. The summed E-state index contributed by atoms with van der Waals surface area (Å²) in [5.41, 5.74) is 0.688. The number of amides is 1. The van der Waals surface area contributed by atoms with E-state index in [1.54, 1.807) is 17.9 Å². The Balaban J connectivity index is 2.09. The maximum Gasteiger partial charge on any atom is 0.292 e. The Hall–Kier alpha value is -1.36. The van der Waals surface area contributed by atoms with Gasteiger partial charge in [-0.25, -0.2) is 0 Å². The van der Waals surface area contributed by atoms with Crippen molar-refractivity contribution in [2.45, 2.75) is 19.4 Å². The molecule has 1 fully saturated rings. The van der Waals surface area contributed by atoms with Crippen LogP contribution in [-0.4, -0.2) is 40.3 Å². The lowest BCUT2D eigenvalue weighted by Crippen LogP contribution is -2.29. The van der Waals surface area contributed by atoms with Gasteiger partial charge in [-0.2, -0.15) is 0 Å². The predicted molar refractivity (Wildman–Crippen MR) is 47.8 cm³/mol. The maximum atomic E-state index is 11.7. The van der Waals surface area contributed by atoms with Crippen LogP contribution in [0.4, 0.5) is 0 Å². The van der Waals surface area contributed by atoms with Gasteiger partial charge in [0.2, 0.25) is 5.76 Å². The largest absolute Gasteiger partial charge is 0.391 e. The number of aliphatic hydroxyl groups excluding tert-OH is 1. The summed E-state index contributed by atoms with van der Waals surface area (Å²) in [5.74, 6) is 0.0544. The summed E-state index contributed by atoms with van der Waals surface area (Å²) in [5, 5.41) is 12.9. The number of hydrogen-bond acceptors (Lipinski definition) is 4. The van der Waals surface area contributed by atoms with Crippen molar-refractivity contribution in [1.29, 1.82) is 0 Å². The van der Waals surface area contributed by atoms with E-state index in [0.29, 0.717) is 25.2 Å². The highest BCUT2D eigenvalue weighted by Gasteiger charge is 2.27. The number of likely N-dealkylation sites (tertiary alicyclic amines) is 1. The zero-order valence-corrected chi connectivity index (χ0v) is 7.93. The van der Waals surface area contributed by atoms with Crippen LogP contribution in [0.15, 0.2) is 10.6 Å². The topological polar surface area (TPSA) is 66.6 Å². The number of nitrogens with zero attached hydrogens (tertiary/aromatic N) is 2. The Morgan fingerprint density at radius 1 is 1.79 bits per heavy atom. The van der Waals surface area contributed by atoms with E-state index in [4.69, 9.17) is 4.52 Å². The Kier molecular flexibility index (Phi) is 2.25. The molecule has 0 bridgehead atoms. The lowest BCUT2D eigenvalue weighted by atomic mass is 10.3. The summed E-state index contributed by atoms with van der Waals surface area (Å²) < 4.78 is 4.85. The number of hydrogen-bond donors (Lipinski definition) is 1. The van der Waals surface area contributed by atoms with Gasteiger partial charge in [-0.3, -0.25) is 4.79 Å². The molecule has 14 heavy (non-hydrogen) atoms. The predicted octanol–water partition coefficient (Wildman–Crippen LogP) is 0.190. The maximum absolute atomic E-state index is 11.7. The van der Waals surface area contributed by atoms with Crippen molar-refractivity contribution in [2.24, 2.45) is 0 Å². The van der Waals surface area contributed by atoms with E-state index in [1.807, 2.05) is 0 Å². The molecule has 2 rings (SSSR count). The lowest BCUT2D eigenvalue weighted by Gasteiger charge is -2.12. The molecule has 1 aliphatic heterocycles. The number of β-amino-alcohol motifs (C(OH)–C–C–N with tert-alkyl or cyclic N) is 1. The summed E-state index contributed by atoms with van der Waals surface area (Å²) in [6, 6.07) is 1.60. The van der Waals surface area contributed by atoms with E-state index < -0.39 is 6.10 Å². The van der Waals surface area contributed by atoms with Gasteiger partial charge >= 0.3 is 0 Å². The first-order chi connectivity index (χ1) is 6.66. The number of carbonyl (C=O) groups excluding carboxylic acids is 1. The molecule has 1 aromatic rings. The minimum Gasteiger partial charge on any atom is -0.391 e. The van der Waals surface area contributed by atoms with E-state index in [2.05, 4.69) is 5.16 Å². The molecule has 76 valence electrons. The summed E-state index contributed by atoms with van der Waals surface area (Å²) in [7, 11) is 0. The van der Waals surface area contributed by atoms with E-state index in [-0.39, 0.29) is 11.7 Å². The van der Waals surface area contributed by atoms with Crippen LogP contribution in [-0.2, 0) is 0 Å². The molecule has 0 saturated carbocycles. The summed E-state index contributed by atoms with van der Waals surface area (Å²) >= 11 is 0. The van der Waals surface area contributed by atoms with Crippen LogP contribution in [0, 0.1) is 6.92 Å². The quantitative estimate of drug-likeness (QED) is 0.696. The molecule has 5 heteroatoms. The van der Waals surface area contributed by atoms with E-state index in [1.165, 1.54) is 0 Å². The molecule has 1 saturated heterocycles. The van der Waals surface area contributed by atoms with Crippen LogP contribution >= 0.6 is 0 Å². The number of aryl methyl sites for hydroxylation is 1. The zero-order chi connectivity index (χ0) is 10.1. The van der Waals surface area contributed by atoms with Gasteiger partial charge in [-0.1, -0.05) is 5.16 Å². The first-order valence-corrected chi connectivity index (χ1v) is 4.57. The number of rotatable bonds is 1. The van der Waals surface area contributed by atoms with Crippen molar-refractivity contribution < 1.29 is 14.4 Å². The van der Waals surface area contributed by atoms with Crippen LogP contribution in [0.25, 0.3) is 0 Å². The van der Waals surface area contributed by atoms with Gasteiger partial charge in [0.25, 0.3) is 5.91 Å². The third kappa shape index (κ3) is 1.63. The van der Waals surface area contributed by atoms with Crippen molar-refractivity contribution in [3.8, 4) is 0 Å². The van der Waals surface area contributed by atoms with Gasteiger partial charge in [0.15, 0.2) is 0 Å². The monoisotopic (exact) mass is 196 g/mol. The minimum atomic E-state index is -0.400. The third-order valence-corrected chi connectivity index (χ3v) is 2.29. The van der Waals surface area contributed by atoms with Crippen molar-refractivity contribution in [2.75, 3.05) is 13.1 Å². The standard InChI is InChI=1S/C9H12N2O3/c1-6-4-8(14-10-6)9(13)11-3-2-7(12)5-11/h4,7,12H,2-3,5H2,1H3/t7-/m1/s1. The molecule has 1 amide bonds. The zero-order valence-electron chi connectivity index (χ0n) is 7.93. The summed E-state index contributed by atoms with van der Waals surface area (Å²) in [6.07, 6.45) is 0.238. The molecule has 0 aliphatic carbocycles. The van der Waals surface area contributed by atoms with Gasteiger partial charge in [0.05, 0.1) is 11.8 Å². The third-order valence-electron chi connectivity index (χ3n) is 2.29. The van der Waals surface area contributed by atoms with Crippen molar-refractivity contribution in [3.05, 3.63) is 17.5 Å². The normalized spacial score (nSPS) is 21.6. The van der Waals surface area contributed by atoms with Gasteiger partial charge in [-0.15, -0.1) is 0 Å². The van der Waals surface area contributed by atoms with Gasteiger partial charge in [0, 0.05) is 19.2 Å². The first kappa shape index (κ1) is 9.21. The fraction of sp³-hybridized carbons (Fsp3) is 0.556. The molecule has 5 nitrogen and oxygen atoms in total. The molecular formula is C9H12N2O3. The molecule has 1 atom stereocenters. The van der Waals surface area contributed by atoms with E-state index in [9.17, 15) is 9.90 Å². The molecule has 2 heterocycles. The number of carbonyl (C=O) groups is 1. The van der Waals surface area contributed by atoms with Gasteiger partial charge in [-0.05, 0) is 13.3 Å². The summed E-state index contributed by atoms with van der Waals surface area (Å²) in [4.78, 5) is 13.3. The molecule has 0 radical (unpaired) electrons. The number of aliphatic hydroxyl groups is 1.